The number of benzene rings is 7. The van der Waals surface area contributed by atoms with Gasteiger partial charge in [-0.05, 0) is 65.8 Å². The second kappa shape index (κ2) is 9.14. The molecule has 0 bridgehead atoms. The van der Waals surface area contributed by atoms with Crippen LogP contribution in [0.4, 0.5) is 0 Å². The minimum absolute atomic E-state index is 0.739. The van der Waals surface area contributed by atoms with E-state index in [-0.39, 0.29) is 0 Å². The van der Waals surface area contributed by atoms with Gasteiger partial charge in [0.25, 0.3) is 0 Å². The molecule has 0 radical (unpaired) electrons. The van der Waals surface area contributed by atoms with Gasteiger partial charge in [-0.2, -0.15) is 0 Å². The third-order valence-electron chi connectivity index (χ3n) is 7.95. The lowest BCUT2D eigenvalue weighted by Crippen LogP contribution is -1.95. The normalized spacial score (nSPS) is 11.5. The number of aromatic nitrogens is 2. The molecule has 2 heteroatoms. The van der Waals surface area contributed by atoms with Crippen LogP contribution in [0.25, 0.3) is 76.7 Å². The maximum absolute atomic E-state index is 4.89. The molecule has 0 atom stereocenters. The van der Waals surface area contributed by atoms with Crippen LogP contribution < -0.4 is 0 Å². The molecule has 8 rings (SSSR count). The van der Waals surface area contributed by atoms with Crippen LogP contribution in [0, 0.1) is 0 Å². The van der Waals surface area contributed by atoms with Crippen molar-refractivity contribution in [2.24, 2.45) is 0 Å². The summed E-state index contributed by atoms with van der Waals surface area (Å²) in [6, 6.07) is 47.5. The fourth-order valence-electron chi connectivity index (χ4n) is 6.09. The van der Waals surface area contributed by atoms with Crippen molar-refractivity contribution in [3.05, 3.63) is 146 Å². The molecule has 0 aliphatic heterocycles. The van der Waals surface area contributed by atoms with E-state index in [9.17, 15) is 0 Å². The molecule has 0 amide bonds. The summed E-state index contributed by atoms with van der Waals surface area (Å²) in [4.78, 5) is 9.77. The Labute approximate surface area is 232 Å². The average Bonchev–Trinajstić information content (AvgIpc) is 3.04. The Bertz CT molecular complexity index is 2140. The molecule has 0 spiro atoms. The quantitative estimate of drug-likeness (QED) is 0.175. The zero-order chi connectivity index (χ0) is 26.5. The highest BCUT2D eigenvalue weighted by atomic mass is 14.9. The van der Waals surface area contributed by atoms with Crippen LogP contribution in [0.2, 0.25) is 0 Å². The smallest absolute Gasteiger partial charge is 0.160 e. The lowest BCUT2D eigenvalue weighted by molar-refractivity contribution is 1.19. The summed E-state index contributed by atoms with van der Waals surface area (Å²) in [7, 11) is 0. The van der Waals surface area contributed by atoms with E-state index in [4.69, 9.17) is 9.97 Å². The van der Waals surface area contributed by atoms with E-state index >= 15 is 0 Å². The molecule has 40 heavy (non-hydrogen) atoms. The maximum atomic E-state index is 4.89. The van der Waals surface area contributed by atoms with Crippen molar-refractivity contribution in [3.63, 3.8) is 0 Å². The summed E-state index contributed by atoms with van der Waals surface area (Å²) in [5.74, 6) is 0.739. The Balaban J connectivity index is 1.38. The van der Waals surface area contributed by atoms with Crippen molar-refractivity contribution < 1.29 is 0 Å². The van der Waals surface area contributed by atoms with Crippen LogP contribution in [0.3, 0.4) is 0 Å². The summed E-state index contributed by atoms with van der Waals surface area (Å²) in [6.45, 7) is 0. The van der Waals surface area contributed by atoms with Crippen LogP contribution in [-0.4, -0.2) is 9.97 Å². The van der Waals surface area contributed by atoms with Crippen molar-refractivity contribution in [1.29, 1.82) is 0 Å². The number of hydrogen-bond donors (Lipinski definition) is 0. The fourth-order valence-corrected chi connectivity index (χ4v) is 6.09. The minimum Gasteiger partial charge on any atom is -0.236 e. The molecule has 2 nitrogen and oxygen atoms in total. The topological polar surface area (TPSA) is 25.8 Å². The average molecular weight is 509 g/mol. The highest BCUT2D eigenvalue weighted by molar-refractivity contribution is 6.21. The van der Waals surface area contributed by atoms with E-state index in [1.165, 1.54) is 43.4 Å². The van der Waals surface area contributed by atoms with Crippen molar-refractivity contribution in [2.45, 2.75) is 0 Å². The molecule has 0 saturated carbocycles. The van der Waals surface area contributed by atoms with Crippen molar-refractivity contribution >= 4 is 43.1 Å². The van der Waals surface area contributed by atoms with E-state index in [1.54, 1.807) is 0 Å². The van der Waals surface area contributed by atoms with E-state index in [0.29, 0.717) is 0 Å². The van der Waals surface area contributed by atoms with E-state index < -0.39 is 0 Å². The van der Waals surface area contributed by atoms with Crippen molar-refractivity contribution in [2.75, 3.05) is 0 Å². The predicted molar refractivity (Wildman–Crippen MR) is 168 cm³/mol. The monoisotopic (exact) mass is 508 g/mol. The first-order chi connectivity index (χ1) is 19.8. The van der Waals surface area contributed by atoms with Crippen molar-refractivity contribution in [1.82, 2.24) is 9.97 Å². The van der Waals surface area contributed by atoms with E-state index in [1.807, 2.05) is 30.6 Å². The van der Waals surface area contributed by atoms with E-state index in [2.05, 4.69) is 115 Å². The van der Waals surface area contributed by atoms with Crippen LogP contribution in [-0.2, 0) is 0 Å². The number of hydrogen-bond acceptors (Lipinski definition) is 2. The SMILES string of the molecule is c1ccc(-c2cnc(-c3c4ccccc4c(-c4ccc5c(ccc6ccccc65)c4)c4ccccc34)nc2)cc1. The first-order valence-electron chi connectivity index (χ1n) is 13.6. The molecule has 0 fully saturated rings. The van der Waals surface area contributed by atoms with Gasteiger partial charge in [0.15, 0.2) is 5.82 Å². The van der Waals surface area contributed by atoms with E-state index in [0.717, 1.165) is 33.3 Å². The van der Waals surface area contributed by atoms with Gasteiger partial charge in [0.1, 0.15) is 0 Å². The van der Waals surface area contributed by atoms with Gasteiger partial charge in [0.05, 0.1) is 0 Å². The van der Waals surface area contributed by atoms with Crippen LogP contribution in [0.5, 0.6) is 0 Å². The zero-order valence-corrected chi connectivity index (χ0v) is 21.8. The summed E-state index contributed by atoms with van der Waals surface area (Å²) in [5.41, 5.74) is 5.65. The Hall–Kier alpha value is -5.34. The summed E-state index contributed by atoms with van der Waals surface area (Å²) in [5, 5.41) is 9.78. The second-order valence-electron chi connectivity index (χ2n) is 10.2. The van der Waals surface area contributed by atoms with Gasteiger partial charge in [0, 0.05) is 23.5 Å². The Kier molecular flexibility index (Phi) is 5.17. The molecule has 1 heterocycles. The summed E-state index contributed by atoms with van der Waals surface area (Å²) in [6.07, 6.45) is 3.87. The van der Waals surface area contributed by atoms with Crippen molar-refractivity contribution in [3.8, 4) is 33.6 Å². The van der Waals surface area contributed by atoms with Crippen LogP contribution in [0.15, 0.2) is 146 Å². The highest BCUT2D eigenvalue weighted by Crippen LogP contribution is 2.43. The molecule has 0 aliphatic carbocycles. The molecular weight excluding hydrogens is 484 g/mol. The van der Waals surface area contributed by atoms with Crippen LogP contribution >= 0.6 is 0 Å². The summed E-state index contributed by atoms with van der Waals surface area (Å²) >= 11 is 0. The summed E-state index contributed by atoms with van der Waals surface area (Å²) < 4.78 is 0. The molecule has 8 aromatic rings. The lowest BCUT2D eigenvalue weighted by atomic mass is 9.87. The standard InChI is InChI=1S/C38H24N2/c1-2-10-25(11-3-1)29-23-39-38(40-24-29)37-34-16-8-6-14-32(34)36(33-15-7-9-17-35(33)37)28-20-21-31-27(22-28)19-18-26-12-4-5-13-30(26)31/h1-24H. The first-order valence-corrected chi connectivity index (χ1v) is 13.6. The van der Waals surface area contributed by atoms with Gasteiger partial charge in [-0.15, -0.1) is 0 Å². The van der Waals surface area contributed by atoms with Gasteiger partial charge in [-0.3, -0.25) is 0 Å². The second-order valence-corrected chi connectivity index (χ2v) is 10.2. The third kappa shape index (κ3) is 3.58. The molecule has 186 valence electrons. The minimum atomic E-state index is 0.739. The predicted octanol–water partition coefficient (Wildman–Crippen LogP) is 10.1. The largest absolute Gasteiger partial charge is 0.236 e. The maximum Gasteiger partial charge on any atom is 0.160 e. The molecule has 7 aromatic carbocycles. The number of rotatable bonds is 3. The third-order valence-corrected chi connectivity index (χ3v) is 7.95. The molecule has 1 aromatic heterocycles. The molecular formula is C38H24N2. The first kappa shape index (κ1) is 22.6. The van der Waals surface area contributed by atoms with Gasteiger partial charge >= 0.3 is 0 Å². The lowest BCUT2D eigenvalue weighted by Gasteiger charge is -2.17. The molecule has 0 unspecified atom stereocenters. The van der Waals surface area contributed by atoms with Crippen LogP contribution in [0.1, 0.15) is 0 Å². The van der Waals surface area contributed by atoms with Gasteiger partial charge in [0.2, 0.25) is 0 Å². The van der Waals surface area contributed by atoms with Gasteiger partial charge < -0.3 is 0 Å². The zero-order valence-electron chi connectivity index (χ0n) is 21.8. The molecule has 0 aliphatic rings. The Morgan fingerprint density at radius 1 is 0.325 bits per heavy atom. The Morgan fingerprint density at radius 3 is 1.52 bits per heavy atom. The highest BCUT2D eigenvalue weighted by Gasteiger charge is 2.18. The number of fused-ring (bicyclic) bond motifs is 5. The van der Waals surface area contributed by atoms with Gasteiger partial charge in [-0.1, -0.05) is 127 Å². The van der Waals surface area contributed by atoms with Gasteiger partial charge in [-0.25, -0.2) is 9.97 Å². The number of nitrogens with zero attached hydrogens (tertiary/aromatic N) is 2. The Morgan fingerprint density at radius 2 is 0.850 bits per heavy atom. The molecule has 0 N–H and O–H groups in total. The fraction of sp³-hybridized carbons (Fsp3) is 0. The molecule has 0 saturated heterocycles.